The number of halogens is 1. The molecule has 1 fully saturated rings. The Morgan fingerprint density at radius 1 is 1.45 bits per heavy atom. The number of hydrogen-bond acceptors (Lipinski definition) is 5. The maximum absolute atomic E-state index is 12.4. The van der Waals surface area contributed by atoms with E-state index in [1.807, 2.05) is 0 Å². The van der Waals surface area contributed by atoms with Crippen molar-refractivity contribution in [2.75, 3.05) is 13.1 Å². The Bertz CT molecular complexity index is 585. The predicted molar refractivity (Wildman–Crippen MR) is 71.3 cm³/mol. The molecule has 0 aliphatic carbocycles. The average molecular weight is 293 g/mol. The summed E-state index contributed by atoms with van der Waals surface area (Å²) >= 11 is 5.78. The minimum Gasteiger partial charge on any atom is -0.337 e. The second-order valence-electron chi connectivity index (χ2n) is 4.72. The summed E-state index contributed by atoms with van der Waals surface area (Å²) in [5.74, 6) is 0.695. The zero-order valence-electron chi connectivity index (χ0n) is 10.7. The molecule has 1 aliphatic heterocycles. The maximum Gasteiger partial charge on any atom is 0.272 e. The van der Waals surface area contributed by atoms with Crippen LogP contribution in [0.4, 0.5) is 0 Å². The van der Waals surface area contributed by atoms with Gasteiger partial charge in [-0.1, -0.05) is 16.8 Å². The molecule has 1 amide bonds. The summed E-state index contributed by atoms with van der Waals surface area (Å²) in [4.78, 5) is 18.2. The number of tetrazole rings is 1. The largest absolute Gasteiger partial charge is 0.337 e. The van der Waals surface area contributed by atoms with E-state index in [9.17, 15) is 4.79 Å². The summed E-state index contributed by atoms with van der Waals surface area (Å²) in [6.45, 7) is 1.31. The number of aromatic amines is 1. The average Bonchev–Trinajstić information content (AvgIpc) is 3.02. The van der Waals surface area contributed by atoms with Crippen molar-refractivity contribution in [3.63, 3.8) is 0 Å². The maximum atomic E-state index is 12.4. The summed E-state index contributed by atoms with van der Waals surface area (Å²) in [6.07, 6.45) is 3.35. The number of piperidine rings is 1. The third-order valence-corrected chi connectivity index (χ3v) is 3.61. The highest BCUT2D eigenvalue weighted by Gasteiger charge is 2.28. The highest BCUT2D eigenvalue weighted by Crippen LogP contribution is 2.24. The fraction of sp³-hybridized carbons (Fsp3) is 0.417. The Morgan fingerprint density at radius 3 is 3.05 bits per heavy atom. The smallest absolute Gasteiger partial charge is 0.272 e. The van der Waals surface area contributed by atoms with Crippen LogP contribution in [0.25, 0.3) is 0 Å². The van der Waals surface area contributed by atoms with Crippen molar-refractivity contribution in [2.24, 2.45) is 0 Å². The quantitative estimate of drug-likeness (QED) is 0.900. The van der Waals surface area contributed by atoms with Gasteiger partial charge in [0.05, 0.1) is 5.02 Å². The highest BCUT2D eigenvalue weighted by atomic mass is 35.5. The summed E-state index contributed by atoms with van der Waals surface area (Å²) in [5, 5.41) is 14.5. The van der Waals surface area contributed by atoms with Crippen LogP contribution in [0.15, 0.2) is 18.3 Å². The Hall–Kier alpha value is -2.02. The van der Waals surface area contributed by atoms with E-state index in [0.29, 0.717) is 23.1 Å². The summed E-state index contributed by atoms with van der Waals surface area (Å²) in [5.41, 5.74) is 0.406. The molecule has 1 N–H and O–H groups in total. The van der Waals surface area contributed by atoms with E-state index in [1.54, 1.807) is 17.0 Å². The first-order valence-electron chi connectivity index (χ1n) is 6.38. The lowest BCUT2D eigenvalue weighted by molar-refractivity contribution is 0.0698. The zero-order chi connectivity index (χ0) is 13.9. The van der Waals surface area contributed by atoms with Crippen molar-refractivity contribution in [3.8, 4) is 0 Å². The van der Waals surface area contributed by atoms with E-state index in [4.69, 9.17) is 11.6 Å². The molecule has 0 radical (unpaired) electrons. The van der Waals surface area contributed by atoms with Crippen LogP contribution in [0.1, 0.15) is 35.1 Å². The minimum absolute atomic E-state index is 0.0881. The van der Waals surface area contributed by atoms with E-state index in [-0.39, 0.29) is 11.8 Å². The highest BCUT2D eigenvalue weighted by molar-refractivity contribution is 6.30. The van der Waals surface area contributed by atoms with Crippen LogP contribution in [0, 0.1) is 0 Å². The standard InChI is InChI=1S/C12H13ClN6O/c13-9-3-4-10(14-6-9)12(20)19-5-1-2-8(7-19)11-15-17-18-16-11/h3-4,6,8H,1-2,5,7H2,(H,15,16,17,18). The van der Waals surface area contributed by atoms with Gasteiger partial charge in [0.2, 0.25) is 0 Å². The Balaban J connectivity index is 1.73. The van der Waals surface area contributed by atoms with Crippen molar-refractivity contribution in [3.05, 3.63) is 34.9 Å². The third-order valence-electron chi connectivity index (χ3n) is 3.38. The van der Waals surface area contributed by atoms with Crippen molar-refractivity contribution in [1.82, 2.24) is 30.5 Å². The molecule has 0 spiro atoms. The molecule has 0 saturated carbocycles. The number of carbonyl (C=O) groups excluding carboxylic acids is 1. The lowest BCUT2D eigenvalue weighted by Gasteiger charge is -2.31. The van der Waals surface area contributed by atoms with Crippen LogP contribution in [0.5, 0.6) is 0 Å². The molecule has 20 heavy (non-hydrogen) atoms. The van der Waals surface area contributed by atoms with Gasteiger partial charge in [-0.2, -0.15) is 5.21 Å². The molecule has 1 atom stereocenters. The minimum atomic E-state index is -0.0881. The van der Waals surface area contributed by atoms with Crippen molar-refractivity contribution in [2.45, 2.75) is 18.8 Å². The number of rotatable bonds is 2. The number of H-pyrrole nitrogens is 1. The molecule has 3 heterocycles. The number of likely N-dealkylation sites (tertiary alicyclic amines) is 1. The molecule has 2 aromatic heterocycles. The molecule has 0 aromatic carbocycles. The molecule has 7 nitrogen and oxygen atoms in total. The number of hydrogen-bond donors (Lipinski definition) is 1. The van der Waals surface area contributed by atoms with E-state index in [1.165, 1.54) is 6.20 Å². The first-order valence-corrected chi connectivity index (χ1v) is 6.76. The van der Waals surface area contributed by atoms with E-state index in [2.05, 4.69) is 25.6 Å². The SMILES string of the molecule is O=C(c1ccc(Cl)cn1)N1CCCC(c2nn[nH]n2)C1. The lowest BCUT2D eigenvalue weighted by atomic mass is 9.97. The van der Waals surface area contributed by atoms with Crippen molar-refractivity contribution < 1.29 is 4.79 Å². The third kappa shape index (κ3) is 2.62. The first kappa shape index (κ1) is 13.0. The van der Waals surface area contributed by atoms with Crippen molar-refractivity contribution >= 4 is 17.5 Å². The van der Waals surface area contributed by atoms with Crippen LogP contribution in [-0.4, -0.2) is 49.5 Å². The van der Waals surface area contributed by atoms with Gasteiger partial charge in [0.25, 0.3) is 5.91 Å². The van der Waals surface area contributed by atoms with Crippen LogP contribution in [0.3, 0.4) is 0 Å². The van der Waals surface area contributed by atoms with Gasteiger partial charge in [-0.25, -0.2) is 4.98 Å². The molecule has 1 aliphatic rings. The number of nitrogens with one attached hydrogen (secondary N) is 1. The molecule has 0 bridgehead atoms. The van der Waals surface area contributed by atoms with Crippen LogP contribution in [0.2, 0.25) is 5.02 Å². The summed E-state index contributed by atoms with van der Waals surface area (Å²) < 4.78 is 0. The normalized spacial score (nSPS) is 19.1. The fourth-order valence-electron chi connectivity index (χ4n) is 2.38. The Labute approximate surface area is 120 Å². The lowest BCUT2D eigenvalue weighted by Crippen LogP contribution is -2.39. The molecule has 1 saturated heterocycles. The summed E-state index contributed by atoms with van der Waals surface area (Å²) in [6, 6.07) is 3.31. The molecule has 3 rings (SSSR count). The number of nitrogens with zero attached hydrogens (tertiary/aromatic N) is 5. The topological polar surface area (TPSA) is 87.7 Å². The van der Waals surface area contributed by atoms with E-state index < -0.39 is 0 Å². The van der Waals surface area contributed by atoms with Gasteiger partial charge < -0.3 is 4.90 Å². The fourth-order valence-corrected chi connectivity index (χ4v) is 2.49. The number of pyridine rings is 1. The van der Waals surface area contributed by atoms with Gasteiger partial charge in [0.1, 0.15) is 5.69 Å². The van der Waals surface area contributed by atoms with Gasteiger partial charge in [-0.15, -0.1) is 10.2 Å². The van der Waals surface area contributed by atoms with Crippen LogP contribution < -0.4 is 0 Å². The molecule has 2 aromatic rings. The molecular formula is C12H13ClN6O. The molecular weight excluding hydrogens is 280 g/mol. The molecule has 8 heteroatoms. The monoisotopic (exact) mass is 292 g/mol. The van der Waals surface area contributed by atoms with Crippen molar-refractivity contribution in [1.29, 1.82) is 0 Å². The number of amides is 1. The number of carbonyl (C=O) groups is 1. The van der Waals surface area contributed by atoms with Gasteiger partial charge in [-0.05, 0) is 25.0 Å². The Kier molecular flexibility index (Phi) is 3.60. The Morgan fingerprint density at radius 2 is 2.35 bits per heavy atom. The van der Waals surface area contributed by atoms with E-state index >= 15 is 0 Å². The second-order valence-corrected chi connectivity index (χ2v) is 5.16. The van der Waals surface area contributed by atoms with Crippen LogP contribution in [-0.2, 0) is 0 Å². The zero-order valence-corrected chi connectivity index (χ0v) is 11.4. The van der Waals surface area contributed by atoms with E-state index in [0.717, 1.165) is 19.4 Å². The predicted octanol–water partition coefficient (Wildman–Crippen LogP) is 1.27. The van der Waals surface area contributed by atoms with Gasteiger partial charge in [0, 0.05) is 25.2 Å². The molecule has 1 unspecified atom stereocenters. The first-order chi connectivity index (χ1) is 9.74. The van der Waals surface area contributed by atoms with Gasteiger partial charge in [-0.3, -0.25) is 4.79 Å². The van der Waals surface area contributed by atoms with Gasteiger partial charge in [0.15, 0.2) is 5.82 Å². The van der Waals surface area contributed by atoms with Gasteiger partial charge >= 0.3 is 0 Å². The van der Waals surface area contributed by atoms with Crippen LogP contribution >= 0.6 is 11.6 Å². The molecule has 104 valence electrons. The summed E-state index contributed by atoms with van der Waals surface area (Å²) in [7, 11) is 0. The number of aromatic nitrogens is 5. The second kappa shape index (κ2) is 5.54.